The average molecular weight is 270 g/mol. The van der Waals surface area contributed by atoms with Gasteiger partial charge < -0.3 is 10.6 Å². The van der Waals surface area contributed by atoms with Crippen molar-refractivity contribution < 1.29 is 0 Å². The monoisotopic (exact) mass is 270 g/mol. The number of nitrogens with zero attached hydrogens (tertiary/aromatic N) is 3. The Labute approximate surface area is 115 Å². The molecule has 0 unspecified atom stereocenters. The molecule has 0 radical (unpaired) electrons. The van der Waals surface area contributed by atoms with Crippen molar-refractivity contribution in [3.63, 3.8) is 0 Å². The highest BCUT2D eigenvalue weighted by Crippen LogP contribution is 2.27. The first-order valence-corrected chi connectivity index (χ1v) is 6.86. The van der Waals surface area contributed by atoms with Gasteiger partial charge in [0.05, 0.1) is 5.39 Å². The third kappa shape index (κ3) is 2.24. The molecule has 0 saturated carbocycles. The zero-order valence-electron chi connectivity index (χ0n) is 10.6. The number of hydrogen-bond donors (Lipinski definition) is 1. The largest absolute Gasteiger partial charge is 0.398 e. The predicted octanol–water partition coefficient (Wildman–Crippen LogP) is 2.91. The van der Waals surface area contributed by atoms with Crippen LogP contribution in [-0.2, 0) is 6.54 Å². The van der Waals surface area contributed by atoms with Crippen LogP contribution < -0.4 is 10.6 Å². The highest BCUT2D eigenvalue weighted by molar-refractivity contribution is 7.16. The van der Waals surface area contributed by atoms with E-state index in [4.69, 9.17) is 5.73 Å². The first kappa shape index (κ1) is 11.9. The van der Waals surface area contributed by atoms with Crippen molar-refractivity contribution in [1.29, 1.82) is 0 Å². The van der Waals surface area contributed by atoms with Crippen LogP contribution in [0.3, 0.4) is 0 Å². The Morgan fingerprint density at radius 2 is 2.05 bits per heavy atom. The molecule has 19 heavy (non-hydrogen) atoms. The van der Waals surface area contributed by atoms with Gasteiger partial charge in [0.1, 0.15) is 17.0 Å². The molecular formula is C14H14N4S. The zero-order valence-corrected chi connectivity index (χ0v) is 11.4. The summed E-state index contributed by atoms with van der Waals surface area (Å²) < 4.78 is 0. The van der Waals surface area contributed by atoms with E-state index in [1.807, 2.05) is 36.7 Å². The van der Waals surface area contributed by atoms with Gasteiger partial charge in [0.25, 0.3) is 0 Å². The van der Waals surface area contributed by atoms with Gasteiger partial charge in [0.2, 0.25) is 0 Å². The quantitative estimate of drug-likeness (QED) is 0.743. The summed E-state index contributed by atoms with van der Waals surface area (Å²) in [6.45, 7) is 0.731. The van der Waals surface area contributed by atoms with Gasteiger partial charge in [-0.05, 0) is 23.1 Å². The topological polar surface area (TPSA) is 55.0 Å². The van der Waals surface area contributed by atoms with Crippen LogP contribution in [0.2, 0.25) is 0 Å². The number of fused-ring (bicyclic) bond motifs is 1. The summed E-state index contributed by atoms with van der Waals surface area (Å²) in [5.41, 5.74) is 7.90. The molecule has 1 aromatic carbocycles. The van der Waals surface area contributed by atoms with Gasteiger partial charge in [0.15, 0.2) is 0 Å². The molecule has 0 fully saturated rings. The SMILES string of the molecule is CN(Cc1ccccc1N)c1ncnc2sccc12. The molecule has 0 aliphatic rings. The number of aromatic nitrogens is 2. The minimum atomic E-state index is 0.731. The molecule has 3 rings (SSSR count). The summed E-state index contributed by atoms with van der Waals surface area (Å²) in [6.07, 6.45) is 1.61. The minimum absolute atomic E-state index is 0.731. The number of hydrogen-bond acceptors (Lipinski definition) is 5. The van der Waals surface area contributed by atoms with E-state index in [1.165, 1.54) is 0 Å². The van der Waals surface area contributed by atoms with Gasteiger partial charge in [-0.25, -0.2) is 9.97 Å². The Hall–Kier alpha value is -2.14. The molecule has 2 heterocycles. The molecular weight excluding hydrogens is 256 g/mol. The fraction of sp³-hybridized carbons (Fsp3) is 0.143. The van der Waals surface area contributed by atoms with Crippen LogP contribution in [0.5, 0.6) is 0 Å². The van der Waals surface area contributed by atoms with E-state index in [0.717, 1.165) is 33.8 Å². The lowest BCUT2D eigenvalue weighted by atomic mass is 10.1. The summed E-state index contributed by atoms with van der Waals surface area (Å²) in [4.78, 5) is 11.8. The highest BCUT2D eigenvalue weighted by atomic mass is 32.1. The van der Waals surface area contributed by atoms with E-state index >= 15 is 0 Å². The summed E-state index contributed by atoms with van der Waals surface area (Å²) >= 11 is 1.63. The first-order chi connectivity index (χ1) is 9.25. The van der Waals surface area contributed by atoms with Crippen LogP contribution in [0.1, 0.15) is 5.56 Å². The van der Waals surface area contributed by atoms with E-state index in [2.05, 4.69) is 20.9 Å². The summed E-state index contributed by atoms with van der Waals surface area (Å²) in [7, 11) is 2.02. The van der Waals surface area contributed by atoms with Crippen LogP contribution in [0.25, 0.3) is 10.2 Å². The maximum atomic E-state index is 5.98. The predicted molar refractivity (Wildman–Crippen MR) is 80.4 cm³/mol. The lowest BCUT2D eigenvalue weighted by molar-refractivity contribution is 0.903. The number of thiophene rings is 1. The molecule has 96 valence electrons. The number of nitrogens with two attached hydrogens (primary N) is 1. The zero-order chi connectivity index (χ0) is 13.2. The Morgan fingerprint density at radius 3 is 2.89 bits per heavy atom. The number of para-hydroxylation sites is 1. The smallest absolute Gasteiger partial charge is 0.140 e. The summed E-state index contributed by atoms with van der Waals surface area (Å²) in [5.74, 6) is 0.939. The Morgan fingerprint density at radius 1 is 1.21 bits per heavy atom. The van der Waals surface area contributed by atoms with E-state index in [0.29, 0.717) is 0 Å². The molecule has 0 saturated heterocycles. The van der Waals surface area contributed by atoms with Gasteiger partial charge in [-0.15, -0.1) is 11.3 Å². The normalized spacial score (nSPS) is 10.8. The first-order valence-electron chi connectivity index (χ1n) is 5.98. The van der Waals surface area contributed by atoms with Crippen molar-refractivity contribution in [3.8, 4) is 0 Å². The molecule has 0 amide bonds. The average Bonchev–Trinajstić information content (AvgIpc) is 2.89. The fourth-order valence-corrected chi connectivity index (χ4v) is 2.82. The molecule has 2 N–H and O–H groups in total. The molecule has 2 aromatic heterocycles. The van der Waals surface area contributed by atoms with E-state index in [-0.39, 0.29) is 0 Å². The second-order valence-corrected chi connectivity index (χ2v) is 5.29. The van der Waals surface area contributed by atoms with Crippen molar-refractivity contribution in [3.05, 3.63) is 47.6 Å². The van der Waals surface area contributed by atoms with Crippen molar-refractivity contribution >= 4 is 33.1 Å². The van der Waals surface area contributed by atoms with Gasteiger partial charge in [-0.3, -0.25) is 0 Å². The number of nitrogen functional groups attached to an aromatic ring is 1. The molecule has 5 heteroatoms. The van der Waals surface area contributed by atoms with Gasteiger partial charge in [0, 0.05) is 19.3 Å². The third-order valence-electron chi connectivity index (χ3n) is 3.06. The number of benzene rings is 1. The van der Waals surface area contributed by atoms with Crippen molar-refractivity contribution in [2.45, 2.75) is 6.54 Å². The third-order valence-corrected chi connectivity index (χ3v) is 3.89. The molecule has 4 nitrogen and oxygen atoms in total. The van der Waals surface area contributed by atoms with Crippen LogP contribution in [0.4, 0.5) is 11.5 Å². The molecule has 3 aromatic rings. The van der Waals surface area contributed by atoms with Gasteiger partial charge in [-0.2, -0.15) is 0 Å². The molecule has 0 aliphatic heterocycles. The fourth-order valence-electron chi connectivity index (χ4n) is 2.09. The molecule has 0 spiro atoms. The van der Waals surface area contributed by atoms with Crippen LogP contribution in [0.15, 0.2) is 42.0 Å². The number of anilines is 2. The summed E-state index contributed by atoms with van der Waals surface area (Å²) in [6, 6.07) is 9.96. The maximum Gasteiger partial charge on any atom is 0.140 e. The second kappa shape index (κ2) is 4.85. The van der Waals surface area contributed by atoms with E-state index in [9.17, 15) is 0 Å². The molecule has 0 atom stereocenters. The lowest BCUT2D eigenvalue weighted by Crippen LogP contribution is -2.18. The minimum Gasteiger partial charge on any atom is -0.398 e. The summed E-state index contributed by atoms with van der Waals surface area (Å²) in [5, 5.41) is 3.12. The molecule has 0 aliphatic carbocycles. The Kier molecular flexibility index (Phi) is 3.05. The Bertz CT molecular complexity index is 707. The van der Waals surface area contributed by atoms with E-state index in [1.54, 1.807) is 17.7 Å². The van der Waals surface area contributed by atoms with Crippen molar-refractivity contribution in [2.75, 3.05) is 17.7 Å². The lowest BCUT2D eigenvalue weighted by Gasteiger charge is -2.19. The van der Waals surface area contributed by atoms with Crippen molar-refractivity contribution in [2.24, 2.45) is 0 Å². The standard InChI is InChI=1S/C14H14N4S/c1-18(8-10-4-2-3-5-12(10)15)13-11-6-7-19-14(11)17-9-16-13/h2-7,9H,8,15H2,1H3. The van der Waals surface area contributed by atoms with Crippen LogP contribution in [0, 0.1) is 0 Å². The van der Waals surface area contributed by atoms with Gasteiger partial charge >= 0.3 is 0 Å². The van der Waals surface area contributed by atoms with Crippen molar-refractivity contribution in [1.82, 2.24) is 9.97 Å². The number of rotatable bonds is 3. The van der Waals surface area contributed by atoms with E-state index < -0.39 is 0 Å². The van der Waals surface area contributed by atoms with Crippen LogP contribution >= 0.6 is 11.3 Å². The molecule has 0 bridgehead atoms. The second-order valence-electron chi connectivity index (χ2n) is 4.39. The van der Waals surface area contributed by atoms with Crippen LogP contribution in [-0.4, -0.2) is 17.0 Å². The Balaban J connectivity index is 1.94. The highest BCUT2D eigenvalue weighted by Gasteiger charge is 2.10. The van der Waals surface area contributed by atoms with Gasteiger partial charge in [-0.1, -0.05) is 18.2 Å². The maximum absolute atomic E-state index is 5.98.